The minimum Gasteiger partial charge on any atom is -0.379 e. The van der Waals surface area contributed by atoms with E-state index in [1.54, 1.807) is 0 Å². The van der Waals surface area contributed by atoms with Gasteiger partial charge < -0.3 is 10.2 Å². The number of nitrogens with zero attached hydrogens (tertiary/aromatic N) is 1. The van der Waals surface area contributed by atoms with Gasteiger partial charge in [-0.25, -0.2) is 0 Å². The Labute approximate surface area is 124 Å². The Hall–Kier alpha value is -1.19. The predicted octanol–water partition coefficient (Wildman–Crippen LogP) is 4.70. The first-order chi connectivity index (χ1) is 8.97. The van der Waals surface area contributed by atoms with E-state index < -0.39 is 0 Å². The lowest BCUT2D eigenvalue weighted by atomic mass is 10.2. The molecule has 0 aliphatic carbocycles. The van der Waals surface area contributed by atoms with E-state index in [9.17, 15) is 0 Å². The third-order valence-corrected chi connectivity index (χ3v) is 4.30. The second-order valence-electron chi connectivity index (χ2n) is 4.85. The van der Waals surface area contributed by atoms with Crippen LogP contribution in [0.2, 0.25) is 5.02 Å². The highest BCUT2D eigenvalue weighted by molar-refractivity contribution is 7.12. The highest BCUT2D eigenvalue weighted by Gasteiger charge is 2.07. The minimum atomic E-state index is 0.756. The molecule has 2 aromatic rings. The van der Waals surface area contributed by atoms with Gasteiger partial charge in [0.25, 0.3) is 0 Å². The molecule has 19 heavy (non-hydrogen) atoms. The van der Waals surface area contributed by atoms with Crippen LogP contribution in [0.15, 0.2) is 24.3 Å². The monoisotopic (exact) mass is 294 g/mol. The second kappa shape index (κ2) is 5.85. The second-order valence-corrected chi connectivity index (χ2v) is 6.74. The number of aryl methyl sites for hydroxylation is 2. The topological polar surface area (TPSA) is 15.3 Å². The fraction of sp³-hybridized carbons (Fsp3) is 0.333. The van der Waals surface area contributed by atoms with Gasteiger partial charge in [0.1, 0.15) is 0 Å². The van der Waals surface area contributed by atoms with E-state index in [1.807, 2.05) is 43.6 Å². The van der Waals surface area contributed by atoms with E-state index in [1.165, 1.54) is 15.3 Å². The van der Waals surface area contributed by atoms with Crippen LogP contribution in [-0.4, -0.2) is 14.1 Å². The average molecular weight is 295 g/mol. The lowest BCUT2D eigenvalue weighted by molar-refractivity contribution is 1.10. The SMILES string of the molecule is Cc1cc(CNc2cc(Cl)ccc2N(C)C)c(C)s1. The van der Waals surface area contributed by atoms with Crippen molar-refractivity contribution in [2.24, 2.45) is 0 Å². The Morgan fingerprint density at radius 3 is 2.53 bits per heavy atom. The Morgan fingerprint density at radius 2 is 1.95 bits per heavy atom. The molecule has 4 heteroatoms. The molecule has 0 unspecified atom stereocenters. The van der Waals surface area contributed by atoms with Gasteiger partial charge in [-0.2, -0.15) is 0 Å². The van der Waals surface area contributed by atoms with Crippen molar-refractivity contribution in [3.05, 3.63) is 44.6 Å². The summed E-state index contributed by atoms with van der Waals surface area (Å²) in [5, 5.41) is 4.24. The summed E-state index contributed by atoms with van der Waals surface area (Å²) in [5.74, 6) is 0. The van der Waals surface area contributed by atoms with E-state index in [-0.39, 0.29) is 0 Å². The molecule has 0 aliphatic rings. The summed E-state index contributed by atoms with van der Waals surface area (Å²) in [6.07, 6.45) is 0. The summed E-state index contributed by atoms with van der Waals surface area (Å²) in [6, 6.07) is 8.18. The first-order valence-corrected chi connectivity index (χ1v) is 7.43. The van der Waals surface area contributed by atoms with E-state index in [0.29, 0.717) is 0 Å². The van der Waals surface area contributed by atoms with Crippen LogP contribution in [0.25, 0.3) is 0 Å². The molecule has 0 atom stereocenters. The van der Waals surface area contributed by atoms with Crippen LogP contribution in [0.5, 0.6) is 0 Å². The summed E-state index contributed by atoms with van der Waals surface area (Å²) in [4.78, 5) is 4.82. The van der Waals surface area contributed by atoms with Crippen molar-refractivity contribution >= 4 is 34.3 Å². The van der Waals surface area contributed by atoms with Gasteiger partial charge in [-0.15, -0.1) is 11.3 Å². The van der Waals surface area contributed by atoms with Crippen LogP contribution in [-0.2, 0) is 6.54 Å². The fourth-order valence-corrected chi connectivity index (χ4v) is 3.21. The molecule has 0 spiro atoms. The van der Waals surface area contributed by atoms with E-state index in [4.69, 9.17) is 11.6 Å². The highest BCUT2D eigenvalue weighted by Crippen LogP contribution is 2.29. The first kappa shape index (κ1) is 14.2. The number of nitrogens with one attached hydrogen (secondary N) is 1. The van der Waals surface area contributed by atoms with Gasteiger partial charge in [0, 0.05) is 35.4 Å². The zero-order valence-corrected chi connectivity index (χ0v) is 13.3. The standard InChI is InChI=1S/C15H19ClN2S/c1-10-7-12(11(2)19-10)9-17-14-8-13(16)5-6-15(14)18(3)4/h5-8,17H,9H2,1-4H3. The van der Waals surface area contributed by atoms with Crippen molar-refractivity contribution in [3.8, 4) is 0 Å². The molecule has 1 heterocycles. The Kier molecular flexibility index (Phi) is 4.38. The third-order valence-electron chi connectivity index (χ3n) is 3.05. The van der Waals surface area contributed by atoms with Crippen molar-refractivity contribution in [2.45, 2.75) is 20.4 Å². The number of hydrogen-bond acceptors (Lipinski definition) is 3. The average Bonchev–Trinajstić information content (AvgIpc) is 2.65. The summed E-state index contributed by atoms with van der Waals surface area (Å²) in [7, 11) is 4.07. The van der Waals surface area contributed by atoms with Gasteiger partial charge in [0.15, 0.2) is 0 Å². The van der Waals surface area contributed by atoms with E-state index >= 15 is 0 Å². The van der Waals surface area contributed by atoms with Crippen molar-refractivity contribution < 1.29 is 0 Å². The Bertz CT molecular complexity index is 576. The number of thiophene rings is 1. The van der Waals surface area contributed by atoms with Crippen LogP contribution >= 0.6 is 22.9 Å². The largest absolute Gasteiger partial charge is 0.379 e. The molecule has 1 aromatic carbocycles. The van der Waals surface area contributed by atoms with Crippen LogP contribution in [0.3, 0.4) is 0 Å². The Morgan fingerprint density at radius 1 is 1.21 bits per heavy atom. The molecule has 102 valence electrons. The van der Waals surface area contributed by atoms with E-state index in [0.717, 1.165) is 22.9 Å². The zero-order chi connectivity index (χ0) is 14.0. The third kappa shape index (κ3) is 3.43. The number of anilines is 2. The van der Waals surface area contributed by atoms with Crippen molar-refractivity contribution in [2.75, 3.05) is 24.3 Å². The Balaban J connectivity index is 2.19. The zero-order valence-electron chi connectivity index (χ0n) is 11.7. The van der Waals surface area contributed by atoms with Crippen LogP contribution in [0.1, 0.15) is 15.3 Å². The lowest BCUT2D eigenvalue weighted by Gasteiger charge is -2.18. The van der Waals surface area contributed by atoms with Crippen LogP contribution in [0.4, 0.5) is 11.4 Å². The van der Waals surface area contributed by atoms with Crippen molar-refractivity contribution in [1.29, 1.82) is 0 Å². The van der Waals surface area contributed by atoms with Gasteiger partial charge in [-0.3, -0.25) is 0 Å². The minimum absolute atomic E-state index is 0.756. The van der Waals surface area contributed by atoms with Gasteiger partial charge in [-0.05, 0) is 43.7 Å². The fourth-order valence-electron chi connectivity index (χ4n) is 2.09. The molecule has 2 rings (SSSR count). The quantitative estimate of drug-likeness (QED) is 0.879. The molecular weight excluding hydrogens is 276 g/mol. The molecule has 0 saturated carbocycles. The molecule has 0 saturated heterocycles. The van der Waals surface area contributed by atoms with Gasteiger partial charge in [0.05, 0.1) is 11.4 Å². The summed E-state index contributed by atoms with van der Waals surface area (Å²) in [5.41, 5.74) is 3.57. The molecule has 0 fully saturated rings. The maximum Gasteiger partial charge on any atom is 0.0597 e. The van der Waals surface area contributed by atoms with Gasteiger partial charge >= 0.3 is 0 Å². The number of benzene rings is 1. The molecular formula is C15H19ClN2S. The number of hydrogen-bond donors (Lipinski definition) is 1. The molecule has 0 aliphatic heterocycles. The summed E-state index contributed by atoms with van der Waals surface area (Å²) >= 11 is 7.92. The smallest absolute Gasteiger partial charge is 0.0597 e. The number of rotatable bonds is 4. The first-order valence-electron chi connectivity index (χ1n) is 6.24. The molecule has 0 amide bonds. The van der Waals surface area contributed by atoms with Gasteiger partial charge in [-0.1, -0.05) is 11.6 Å². The number of halogens is 1. The highest BCUT2D eigenvalue weighted by atomic mass is 35.5. The molecule has 1 N–H and O–H groups in total. The lowest BCUT2D eigenvalue weighted by Crippen LogP contribution is -2.12. The maximum atomic E-state index is 6.08. The van der Waals surface area contributed by atoms with E-state index in [2.05, 4.69) is 30.1 Å². The molecule has 2 nitrogen and oxygen atoms in total. The predicted molar refractivity (Wildman–Crippen MR) is 86.9 cm³/mol. The normalized spacial score (nSPS) is 10.6. The maximum absolute atomic E-state index is 6.08. The summed E-state index contributed by atoms with van der Waals surface area (Å²) in [6.45, 7) is 5.14. The molecule has 0 radical (unpaired) electrons. The molecule has 1 aromatic heterocycles. The summed E-state index contributed by atoms with van der Waals surface area (Å²) < 4.78 is 0. The molecule has 0 bridgehead atoms. The van der Waals surface area contributed by atoms with Crippen LogP contribution in [0, 0.1) is 13.8 Å². The van der Waals surface area contributed by atoms with Crippen molar-refractivity contribution in [3.63, 3.8) is 0 Å². The van der Waals surface area contributed by atoms with Crippen molar-refractivity contribution in [1.82, 2.24) is 0 Å². The van der Waals surface area contributed by atoms with Crippen LogP contribution < -0.4 is 10.2 Å². The van der Waals surface area contributed by atoms with Gasteiger partial charge in [0.2, 0.25) is 0 Å².